The van der Waals surface area contributed by atoms with Crippen LogP contribution in [0.5, 0.6) is 5.75 Å². The molecule has 4 nitrogen and oxygen atoms in total. The van der Waals surface area contributed by atoms with Crippen LogP contribution in [0, 0.1) is 6.92 Å². The van der Waals surface area contributed by atoms with Gasteiger partial charge in [0, 0.05) is 11.1 Å². The number of benzene rings is 2. The van der Waals surface area contributed by atoms with E-state index >= 15 is 0 Å². The number of carbonyl (C=O) groups excluding carboxylic acids is 2. The molecule has 0 saturated carbocycles. The Morgan fingerprint density at radius 3 is 2.27 bits per heavy atom. The number of Topliss-reactive ketones (excluding diaryl/α,β-unsaturated/α-hetero) is 2. The van der Waals surface area contributed by atoms with Crippen LogP contribution in [0.1, 0.15) is 26.3 Å². The first-order valence-corrected chi connectivity index (χ1v) is 6.99. The highest BCUT2D eigenvalue weighted by atomic mass is 35.5. The average molecular weight is 314 g/mol. The quantitative estimate of drug-likeness (QED) is 0.862. The zero-order valence-electron chi connectivity index (χ0n) is 11.7. The van der Waals surface area contributed by atoms with Crippen LogP contribution >= 0.6 is 11.6 Å². The molecule has 22 heavy (non-hydrogen) atoms. The summed E-state index contributed by atoms with van der Waals surface area (Å²) in [6.45, 7) is 1.89. The van der Waals surface area contributed by atoms with E-state index in [4.69, 9.17) is 22.1 Å². The molecule has 1 aliphatic rings. The van der Waals surface area contributed by atoms with Gasteiger partial charge in [0.2, 0.25) is 11.6 Å². The van der Waals surface area contributed by atoms with Crippen molar-refractivity contribution in [2.24, 2.45) is 0 Å². The lowest BCUT2D eigenvalue weighted by molar-refractivity contribution is 0.0943. The van der Waals surface area contributed by atoms with Crippen molar-refractivity contribution in [1.82, 2.24) is 0 Å². The lowest BCUT2D eigenvalue weighted by Crippen LogP contribution is -2.23. The molecule has 2 N–H and O–H groups in total. The molecule has 0 amide bonds. The number of ketones is 2. The van der Waals surface area contributed by atoms with Crippen LogP contribution in [0.25, 0.3) is 0 Å². The number of halogens is 1. The van der Waals surface area contributed by atoms with Gasteiger partial charge in [0.15, 0.2) is 11.5 Å². The smallest absolute Gasteiger partial charge is 0.230 e. The van der Waals surface area contributed by atoms with Crippen molar-refractivity contribution in [3.8, 4) is 5.75 Å². The van der Waals surface area contributed by atoms with Gasteiger partial charge in [-0.15, -0.1) is 0 Å². The molecule has 0 radical (unpaired) electrons. The van der Waals surface area contributed by atoms with Gasteiger partial charge < -0.3 is 10.5 Å². The number of anilines is 1. The predicted octanol–water partition coefficient (Wildman–Crippen LogP) is 3.49. The monoisotopic (exact) mass is 313 g/mol. The fraction of sp³-hybridized carbons (Fsp3) is 0.0588. The summed E-state index contributed by atoms with van der Waals surface area (Å²) in [5, 5.41) is -0.233. The van der Waals surface area contributed by atoms with Crippen molar-refractivity contribution < 1.29 is 14.3 Å². The molecule has 5 heteroatoms. The first-order valence-electron chi connectivity index (χ1n) is 6.61. The second-order valence-electron chi connectivity index (χ2n) is 4.99. The SMILES string of the molecule is Cc1ccc(OC2=C(Cl)C(=O)c3ccccc3C2=O)c(N)c1. The number of carbonyl (C=O) groups is 2. The van der Waals surface area contributed by atoms with E-state index < -0.39 is 11.6 Å². The fourth-order valence-corrected chi connectivity index (χ4v) is 2.51. The topological polar surface area (TPSA) is 69.4 Å². The number of nitrogens with two attached hydrogens (primary N) is 1. The van der Waals surface area contributed by atoms with Crippen molar-refractivity contribution in [1.29, 1.82) is 0 Å². The van der Waals surface area contributed by atoms with E-state index in [1.165, 1.54) is 0 Å². The second kappa shape index (κ2) is 5.31. The standard InChI is InChI=1S/C17H12ClNO3/c1-9-6-7-13(12(19)8-9)22-17-14(18)15(20)10-4-2-3-5-11(10)16(17)21/h2-8H,19H2,1H3. The Labute approximate surface area is 132 Å². The van der Waals surface area contributed by atoms with E-state index in [0.29, 0.717) is 11.4 Å². The van der Waals surface area contributed by atoms with Gasteiger partial charge in [0.25, 0.3) is 0 Å². The van der Waals surface area contributed by atoms with Crippen molar-refractivity contribution >= 4 is 28.9 Å². The Kier molecular flexibility index (Phi) is 3.47. The molecule has 0 saturated heterocycles. The van der Waals surface area contributed by atoms with Gasteiger partial charge in [0.05, 0.1) is 5.69 Å². The molecule has 0 aliphatic heterocycles. The number of allylic oxidation sites excluding steroid dienone is 2. The summed E-state index contributed by atoms with van der Waals surface area (Å²) in [6.07, 6.45) is 0. The third-order valence-electron chi connectivity index (χ3n) is 3.40. The summed E-state index contributed by atoms with van der Waals surface area (Å²) in [6, 6.07) is 11.6. The van der Waals surface area contributed by atoms with Gasteiger partial charge in [-0.25, -0.2) is 0 Å². The lowest BCUT2D eigenvalue weighted by atomic mass is 9.93. The molecule has 0 spiro atoms. The summed E-state index contributed by atoms with van der Waals surface area (Å²) in [5.74, 6) is -0.766. The van der Waals surface area contributed by atoms with Crippen molar-refractivity contribution in [2.45, 2.75) is 6.92 Å². The molecule has 2 aromatic rings. The predicted molar refractivity (Wildman–Crippen MR) is 84.2 cm³/mol. The third kappa shape index (κ3) is 2.27. The zero-order valence-corrected chi connectivity index (χ0v) is 12.5. The number of aryl methyl sites for hydroxylation is 1. The second-order valence-corrected chi connectivity index (χ2v) is 5.37. The summed E-state index contributed by atoms with van der Waals surface area (Å²) in [7, 11) is 0. The van der Waals surface area contributed by atoms with E-state index in [1.807, 2.05) is 6.92 Å². The molecule has 0 unspecified atom stereocenters. The molecule has 0 heterocycles. The van der Waals surface area contributed by atoms with Gasteiger partial charge in [-0.05, 0) is 24.6 Å². The highest BCUT2D eigenvalue weighted by molar-refractivity contribution is 6.49. The Hall–Kier alpha value is -2.59. The number of hydrogen-bond donors (Lipinski definition) is 1. The minimum atomic E-state index is -0.433. The summed E-state index contributed by atoms with van der Waals surface area (Å²) >= 11 is 6.03. The van der Waals surface area contributed by atoms with E-state index in [1.54, 1.807) is 42.5 Å². The van der Waals surface area contributed by atoms with Crippen molar-refractivity contribution in [2.75, 3.05) is 5.73 Å². The molecular formula is C17H12ClNO3. The van der Waals surface area contributed by atoms with Crippen LogP contribution in [0.2, 0.25) is 0 Å². The van der Waals surface area contributed by atoms with Crippen molar-refractivity contribution in [3.05, 3.63) is 69.9 Å². The first-order chi connectivity index (χ1) is 10.5. The summed E-state index contributed by atoms with van der Waals surface area (Å²) < 4.78 is 5.55. The van der Waals surface area contributed by atoms with Gasteiger partial charge >= 0.3 is 0 Å². The van der Waals surface area contributed by atoms with Crippen LogP contribution < -0.4 is 10.5 Å². The van der Waals surface area contributed by atoms with Crippen LogP contribution in [0.15, 0.2) is 53.3 Å². The summed E-state index contributed by atoms with van der Waals surface area (Å²) in [4.78, 5) is 24.7. The highest BCUT2D eigenvalue weighted by Crippen LogP contribution is 2.32. The zero-order chi connectivity index (χ0) is 15.9. The molecule has 0 atom stereocenters. The maximum absolute atomic E-state index is 12.5. The van der Waals surface area contributed by atoms with E-state index in [9.17, 15) is 9.59 Å². The number of fused-ring (bicyclic) bond motifs is 1. The Bertz CT molecular complexity index is 840. The molecule has 1 aliphatic carbocycles. The van der Waals surface area contributed by atoms with Crippen LogP contribution in [0.4, 0.5) is 5.69 Å². The van der Waals surface area contributed by atoms with E-state index in [2.05, 4.69) is 0 Å². The summed E-state index contributed by atoms with van der Waals surface area (Å²) in [5.41, 5.74) is 7.76. The van der Waals surface area contributed by atoms with Gasteiger partial charge in [0.1, 0.15) is 5.03 Å². The van der Waals surface area contributed by atoms with Gasteiger partial charge in [-0.1, -0.05) is 41.9 Å². The van der Waals surface area contributed by atoms with Crippen molar-refractivity contribution in [3.63, 3.8) is 0 Å². The lowest BCUT2D eigenvalue weighted by Gasteiger charge is -2.18. The molecular weight excluding hydrogens is 302 g/mol. The first kappa shape index (κ1) is 14.4. The number of rotatable bonds is 2. The largest absolute Gasteiger partial charge is 0.449 e. The fourth-order valence-electron chi connectivity index (χ4n) is 2.28. The number of nitrogen functional groups attached to an aromatic ring is 1. The Morgan fingerprint density at radius 1 is 1.00 bits per heavy atom. The maximum Gasteiger partial charge on any atom is 0.230 e. The molecule has 0 aromatic heterocycles. The highest BCUT2D eigenvalue weighted by Gasteiger charge is 2.33. The normalized spacial score (nSPS) is 14.1. The molecule has 2 aromatic carbocycles. The van der Waals surface area contributed by atoms with E-state index in [0.717, 1.165) is 5.56 Å². The average Bonchev–Trinajstić information content (AvgIpc) is 2.51. The van der Waals surface area contributed by atoms with Crippen LogP contribution in [0.3, 0.4) is 0 Å². The minimum absolute atomic E-state index is 0.194. The Morgan fingerprint density at radius 2 is 1.64 bits per heavy atom. The number of ether oxygens (including phenoxy) is 1. The molecule has 0 bridgehead atoms. The van der Waals surface area contributed by atoms with Crippen LogP contribution in [-0.2, 0) is 0 Å². The van der Waals surface area contributed by atoms with Crippen LogP contribution in [-0.4, -0.2) is 11.6 Å². The molecule has 110 valence electrons. The molecule has 0 fully saturated rings. The van der Waals surface area contributed by atoms with Gasteiger partial charge in [-0.2, -0.15) is 0 Å². The Balaban J connectivity index is 2.05. The third-order valence-corrected chi connectivity index (χ3v) is 3.74. The minimum Gasteiger partial charge on any atom is -0.449 e. The molecule has 3 rings (SSSR count). The maximum atomic E-state index is 12.5. The van der Waals surface area contributed by atoms with Gasteiger partial charge in [-0.3, -0.25) is 9.59 Å². The number of hydrogen-bond acceptors (Lipinski definition) is 4. The van der Waals surface area contributed by atoms with E-state index in [-0.39, 0.29) is 21.9 Å².